The van der Waals surface area contributed by atoms with Gasteiger partial charge in [0.05, 0.1) is 11.8 Å². The summed E-state index contributed by atoms with van der Waals surface area (Å²) in [6.07, 6.45) is 9.76. The Morgan fingerprint density at radius 2 is 2.04 bits per heavy atom. The minimum Gasteiger partial charge on any atom is -0.352 e. The lowest BCUT2D eigenvalue weighted by Gasteiger charge is -2.22. The van der Waals surface area contributed by atoms with Crippen LogP contribution >= 0.6 is 0 Å². The molecule has 1 saturated carbocycles. The van der Waals surface area contributed by atoms with E-state index in [1.807, 2.05) is 0 Å². The van der Waals surface area contributed by atoms with Crippen LogP contribution in [-0.2, 0) is 11.3 Å². The zero-order valence-electron chi connectivity index (χ0n) is 13.4. The zero-order valence-corrected chi connectivity index (χ0v) is 13.4. The molecule has 2 amide bonds. The number of rotatable bonds is 4. The number of amides is 2. The van der Waals surface area contributed by atoms with Crippen molar-refractivity contribution in [2.75, 3.05) is 13.1 Å². The maximum atomic E-state index is 12.3. The number of carbonyl (C=O) groups is 2. The van der Waals surface area contributed by atoms with Gasteiger partial charge in [0.1, 0.15) is 6.54 Å². The summed E-state index contributed by atoms with van der Waals surface area (Å²) < 4.78 is 1.53. The van der Waals surface area contributed by atoms with Crippen LogP contribution in [0.2, 0.25) is 0 Å². The lowest BCUT2D eigenvalue weighted by atomic mass is 9.95. The van der Waals surface area contributed by atoms with Gasteiger partial charge in [0.2, 0.25) is 5.91 Å². The van der Waals surface area contributed by atoms with Crippen molar-refractivity contribution in [3.63, 3.8) is 0 Å². The Hall–Kier alpha value is -1.89. The molecule has 1 aliphatic carbocycles. The number of carbonyl (C=O) groups excluding carboxylic acids is 2. The molecule has 2 heterocycles. The van der Waals surface area contributed by atoms with E-state index in [0.29, 0.717) is 24.7 Å². The van der Waals surface area contributed by atoms with Gasteiger partial charge in [0.15, 0.2) is 0 Å². The molecule has 1 atom stereocenters. The monoisotopic (exact) mass is 319 g/mol. The highest BCUT2D eigenvalue weighted by molar-refractivity contribution is 5.94. The SMILES string of the molecule is N[C@@H]1CCN(C(=O)c2cnn(CC(=O)NC3CCCCC3)c2)C1. The fraction of sp³-hybridized carbons (Fsp3) is 0.688. The average molecular weight is 319 g/mol. The van der Waals surface area contributed by atoms with E-state index in [1.165, 1.54) is 30.1 Å². The second-order valence-electron chi connectivity index (χ2n) is 6.63. The Morgan fingerprint density at radius 3 is 2.74 bits per heavy atom. The molecule has 126 valence electrons. The first-order chi connectivity index (χ1) is 11.1. The van der Waals surface area contributed by atoms with Gasteiger partial charge in [-0.3, -0.25) is 14.3 Å². The smallest absolute Gasteiger partial charge is 0.257 e. The third kappa shape index (κ3) is 4.10. The molecule has 23 heavy (non-hydrogen) atoms. The number of nitrogens with two attached hydrogens (primary N) is 1. The number of hydrogen-bond donors (Lipinski definition) is 2. The first kappa shape index (κ1) is 16.0. The largest absolute Gasteiger partial charge is 0.352 e. The summed E-state index contributed by atoms with van der Waals surface area (Å²) in [6, 6.07) is 0.356. The van der Waals surface area contributed by atoms with Crippen molar-refractivity contribution in [3.05, 3.63) is 18.0 Å². The first-order valence-corrected chi connectivity index (χ1v) is 8.48. The number of nitrogens with zero attached hydrogens (tertiary/aromatic N) is 3. The van der Waals surface area contributed by atoms with Crippen LogP contribution in [-0.4, -0.2) is 51.7 Å². The highest BCUT2D eigenvalue weighted by atomic mass is 16.2. The maximum Gasteiger partial charge on any atom is 0.257 e. The summed E-state index contributed by atoms with van der Waals surface area (Å²) in [5.74, 6) is -0.0981. The first-order valence-electron chi connectivity index (χ1n) is 8.48. The summed E-state index contributed by atoms with van der Waals surface area (Å²) >= 11 is 0. The highest BCUT2D eigenvalue weighted by Gasteiger charge is 2.25. The van der Waals surface area contributed by atoms with E-state index in [4.69, 9.17) is 5.73 Å². The van der Waals surface area contributed by atoms with Gasteiger partial charge in [-0.05, 0) is 19.3 Å². The van der Waals surface area contributed by atoms with Crippen LogP contribution in [0.4, 0.5) is 0 Å². The Labute approximate surface area is 136 Å². The van der Waals surface area contributed by atoms with Crippen LogP contribution in [0.1, 0.15) is 48.9 Å². The molecule has 0 unspecified atom stereocenters. The van der Waals surface area contributed by atoms with Gasteiger partial charge in [0, 0.05) is 31.4 Å². The number of aromatic nitrogens is 2. The van der Waals surface area contributed by atoms with Crippen molar-refractivity contribution in [2.45, 2.75) is 57.2 Å². The van der Waals surface area contributed by atoms with Crippen molar-refractivity contribution >= 4 is 11.8 Å². The summed E-state index contributed by atoms with van der Waals surface area (Å²) in [4.78, 5) is 26.1. The molecular formula is C16H25N5O2. The Kier molecular flexibility index (Phi) is 4.95. The van der Waals surface area contributed by atoms with Gasteiger partial charge in [-0.25, -0.2) is 0 Å². The van der Waals surface area contributed by atoms with Crippen LogP contribution in [0, 0.1) is 0 Å². The Morgan fingerprint density at radius 1 is 1.26 bits per heavy atom. The fourth-order valence-electron chi connectivity index (χ4n) is 3.38. The summed E-state index contributed by atoms with van der Waals surface area (Å²) in [5, 5.41) is 7.19. The number of likely N-dealkylation sites (tertiary alicyclic amines) is 1. The van der Waals surface area contributed by atoms with Crippen LogP contribution in [0.3, 0.4) is 0 Å². The maximum absolute atomic E-state index is 12.3. The Balaban J connectivity index is 1.52. The van der Waals surface area contributed by atoms with Crippen molar-refractivity contribution in [3.8, 4) is 0 Å². The molecule has 3 N–H and O–H groups in total. The predicted molar refractivity (Wildman–Crippen MR) is 85.7 cm³/mol. The van der Waals surface area contributed by atoms with Gasteiger partial charge in [0.25, 0.3) is 5.91 Å². The zero-order chi connectivity index (χ0) is 16.2. The lowest BCUT2D eigenvalue weighted by Crippen LogP contribution is -2.38. The van der Waals surface area contributed by atoms with Crippen LogP contribution < -0.4 is 11.1 Å². The van der Waals surface area contributed by atoms with Gasteiger partial charge >= 0.3 is 0 Å². The topological polar surface area (TPSA) is 93.2 Å². The molecular weight excluding hydrogens is 294 g/mol. The van der Waals surface area contributed by atoms with E-state index < -0.39 is 0 Å². The average Bonchev–Trinajstić information content (AvgIpc) is 3.17. The van der Waals surface area contributed by atoms with E-state index in [0.717, 1.165) is 19.3 Å². The molecule has 2 fully saturated rings. The van der Waals surface area contributed by atoms with Gasteiger partial charge < -0.3 is 16.0 Å². The van der Waals surface area contributed by atoms with Gasteiger partial charge in [-0.15, -0.1) is 0 Å². The molecule has 1 aromatic rings. The van der Waals surface area contributed by atoms with E-state index in [1.54, 1.807) is 11.1 Å². The third-order valence-electron chi connectivity index (χ3n) is 4.67. The lowest BCUT2D eigenvalue weighted by molar-refractivity contribution is -0.122. The van der Waals surface area contributed by atoms with Crippen molar-refractivity contribution < 1.29 is 9.59 Å². The minimum atomic E-state index is -0.0584. The van der Waals surface area contributed by atoms with E-state index in [-0.39, 0.29) is 24.4 Å². The molecule has 3 rings (SSSR count). The molecule has 0 bridgehead atoms. The standard InChI is InChI=1S/C16H25N5O2/c17-13-6-7-20(10-13)16(23)12-8-18-21(9-12)11-15(22)19-14-4-2-1-3-5-14/h8-9,13-14H,1-7,10-11,17H2,(H,19,22)/t13-/m1/s1. The summed E-state index contributed by atoms with van der Waals surface area (Å²) in [7, 11) is 0. The third-order valence-corrected chi connectivity index (χ3v) is 4.67. The normalized spacial score (nSPS) is 22.3. The van der Waals surface area contributed by atoms with Crippen molar-refractivity contribution in [1.29, 1.82) is 0 Å². The van der Waals surface area contributed by atoms with Crippen LogP contribution in [0.5, 0.6) is 0 Å². The Bertz CT molecular complexity index is 565. The molecule has 1 saturated heterocycles. The second kappa shape index (κ2) is 7.12. The fourth-order valence-corrected chi connectivity index (χ4v) is 3.38. The summed E-state index contributed by atoms with van der Waals surface area (Å²) in [6.45, 7) is 1.43. The molecule has 7 nitrogen and oxygen atoms in total. The van der Waals surface area contributed by atoms with Gasteiger partial charge in [-0.2, -0.15) is 5.10 Å². The molecule has 0 aromatic carbocycles. The van der Waals surface area contributed by atoms with E-state index in [2.05, 4.69) is 10.4 Å². The number of hydrogen-bond acceptors (Lipinski definition) is 4. The highest BCUT2D eigenvalue weighted by Crippen LogP contribution is 2.17. The van der Waals surface area contributed by atoms with E-state index >= 15 is 0 Å². The molecule has 7 heteroatoms. The van der Waals surface area contributed by atoms with Gasteiger partial charge in [-0.1, -0.05) is 19.3 Å². The molecule has 1 aliphatic heterocycles. The second-order valence-corrected chi connectivity index (χ2v) is 6.63. The summed E-state index contributed by atoms with van der Waals surface area (Å²) in [5.41, 5.74) is 6.35. The molecule has 0 spiro atoms. The van der Waals surface area contributed by atoms with Crippen LogP contribution in [0.25, 0.3) is 0 Å². The molecule has 2 aliphatic rings. The molecule has 1 aromatic heterocycles. The van der Waals surface area contributed by atoms with E-state index in [9.17, 15) is 9.59 Å². The van der Waals surface area contributed by atoms with Crippen molar-refractivity contribution in [2.24, 2.45) is 5.73 Å². The van der Waals surface area contributed by atoms with Crippen molar-refractivity contribution in [1.82, 2.24) is 20.0 Å². The predicted octanol–water partition coefficient (Wildman–Crippen LogP) is 0.505. The minimum absolute atomic E-state index is 0.0396. The van der Waals surface area contributed by atoms with Crippen LogP contribution in [0.15, 0.2) is 12.4 Å². The number of nitrogens with one attached hydrogen (secondary N) is 1. The molecule has 0 radical (unpaired) electrons. The quantitative estimate of drug-likeness (QED) is 0.845.